The third-order valence-electron chi connectivity index (χ3n) is 6.08. The summed E-state index contributed by atoms with van der Waals surface area (Å²) in [6.07, 6.45) is 2.11. The Labute approximate surface area is 191 Å². The van der Waals surface area contributed by atoms with Gasteiger partial charge in [-0.2, -0.15) is 0 Å². The van der Waals surface area contributed by atoms with E-state index in [-0.39, 0.29) is 17.6 Å². The molecule has 5 rings (SSSR count). The number of hydrogen-bond acceptors (Lipinski definition) is 5. The smallest absolute Gasteiger partial charge is 0.294 e. The lowest BCUT2D eigenvalue weighted by atomic mass is 10.1. The summed E-state index contributed by atoms with van der Waals surface area (Å²) in [6.45, 7) is 4.00. The van der Waals surface area contributed by atoms with Gasteiger partial charge in [0.05, 0.1) is 11.6 Å². The van der Waals surface area contributed by atoms with E-state index in [4.69, 9.17) is 0 Å². The van der Waals surface area contributed by atoms with E-state index in [0.717, 1.165) is 41.2 Å². The number of thioether (sulfide) groups is 1. The number of anilines is 1. The molecule has 1 aliphatic carbocycles. The molecule has 0 radical (unpaired) electrons. The number of nitrogens with zero attached hydrogens (tertiary/aromatic N) is 4. The number of hydrogen-bond donors (Lipinski definition) is 1. The van der Waals surface area contributed by atoms with Crippen LogP contribution in [0, 0.1) is 13.8 Å². The number of para-hydroxylation sites is 1. The van der Waals surface area contributed by atoms with Crippen LogP contribution in [0.15, 0.2) is 48.5 Å². The van der Waals surface area contributed by atoms with E-state index in [1.165, 1.54) is 0 Å². The Bertz CT molecular complexity index is 1170. The highest BCUT2D eigenvalue weighted by molar-refractivity contribution is 7.99. The molecule has 1 unspecified atom stereocenters. The first kappa shape index (κ1) is 20.8. The molecule has 2 aromatic carbocycles. The lowest BCUT2D eigenvalue weighted by molar-refractivity contribution is -0.119. The zero-order valence-electron chi connectivity index (χ0n) is 18.1. The van der Waals surface area contributed by atoms with E-state index in [0.29, 0.717) is 17.5 Å². The molecule has 2 fully saturated rings. The van der Waals surface area contributed by atoms with Crippen LogP contribution in [-0.4, -0.2) is 49.2 Å². The first-order valence-electron chi connectivity index (χ1n) is 10.8. The molecule has 1 saturated heterocycles. The molecule has 2 aliphatic rings. The zero-order valence-corrected chi connectivity index (χ0v) is 18.9. The van der Waals surface area contributed by atoms with Crippen molar-refractivity contribution in [3.05, 3.63) is 71.3 Å². The van der Waals surface area contributed by atoms with Crippen LogP contribution in [0.3, 0.4) is 0 Å². The highest BCUT2D eigenvalue weighted by atomic mass is 32.2. The van der Waals surface area contributed by atoms with Crippen molar-refractivity contribution in [1.29, 1.82) is 0 Å². The molecule has 164 valence electrons. The molecular formula is C24H25N5O2S. The van der Waals surface area contributed by atoms with Crippen molar-refractivity contribution in [3.63, 3.8) is 0 Å². The Hall–Kier alpha value is -3.13. The minimum atomic E-state index is -0.555. The second-order valence-corrected chi connectivity index (χ2v) is 9.34. The van der Waals surface area contributed by atoms with Crippen molar-refractivity contribution >= 4 is 29.3 Å². The van der Waals surface area contributed by atoms with E-state index in [1.54, 1.807) is 21.3 Å². The van der Waals surface area contributed by atoms with Gasteiger partial charge < -0.3 is 10.2 Å². The first-order valence-corrected chi connectivity index (χ1v) is 12.0. The molecule has 0 spiro atoms. The normalized spacial score (nSPS) is 18.1. The maximum absolute atomic E-state index is 13.4. The maximum Gasteiger partial charge on any atom is 0.294 e. The standard InChI is InChI=1S/C24H25N5O2S/c1-15-7-6-10-19(16(15)2)25-23(30)20-13-32-14-28(20)24(31)21-26-22(17-11-12-17)29(27-21)18-8-4-3-5-9-18/h3-10,17,20H,11-14H2,1-2H3,(H,25,30). The second-order valence-electron chi connectivity index (χ2n) is 8.34. The highest BCUT2D eigenvalue weighted by Gasteiger charge is 2.38. The lowest BCUT2D eigenvalue weighted by Gasteiger charge is -2.22. The Balaban J connectivity index is 1.39. The summed E-state index contributed by atoms with van der Waals surface area (Å²) in [6, 6.07) is 15.0. The lowest BCUT2D eigenvalue weighted by Crippen LogP contribution is -2.45. The molecule has 1 aliphatic heterocycles. The summed E-state index contributed by atoms with van der Waals surface area (Å²) in [4.78, 5) is 32.6. The first-order chi connectivity index (χ1) is 15.5. The molecule has 1 atom stereocenters. The van der Waals surface area contributed by atoms with Gasteiger partial charge in [-0.25, -0.2) is 9.67 Å². The number of carbonyl (C=O) groups is 2. The van der Waals surface area contributed by atoms with E-state index in [9.17, 15) is 9.59 Å². The molecule has 2 heterocycles. The van der Waals surface area contributed by atoms with Gasteiger partial charge in [0.1, 0.15) is 11.9 Å². The van der Waals surface area contributed by atoms with Crippen LogP contribution < -0.4 is 5.32 Å². The number of nitrogens with one attached hydrogen (secondary N) is 1. The molecule has 0 bridgehead atoms. The number of aryl methyl sites for hydroxylation is 1. The number of amides is 2. The Kier molecular flexibility index (Phi) is 5.46. The van der Waals surface area contributed by atoms with Gasteiger partial charge >= 0.3 is 0 Å². The third kappa shape index (κ3) is 3.90. The molecule has 1 saturated carbocycles. The average molecular weight is 448 g/mol. The largest absolute Gasteiger partial charge is 0.324 e. The van der Waals surface area contributed by atoms with Gasteiger partial charge in [-0.05, 0) is 56.0 Å². The Morgan fingerprint density at radius 1 is 1.06 bits per heavy atom. The van der Waals surface area contributed by atoms with Crippen LogP contribution in [0.2, 0.25) is 0 Å². The zero-order chi connectivity index (χ0) is 22.2. The predicted octanol–water partition coefficient (Wildman–Crippen LogP) is 3.92. The van der Waals surface area contributed by atoms with Crippen molar-refractivity contribution < 1.29 is 9.59 Å². The van der Waals surface area contributed by atoms with Gasteiger partial charge in [0.2, 0.25) is 11.7 Å². The Morgan fingerprint density at radius 3 is 2.59 bits per heavy atom. The summed E-state index contributed by atoms with van der Waals surface area (Å²) in [5.74, 6) is 1.83. The molecule has 2 amide bonds. The van der Waals surface area contributed by atoms with Crippen molar-refractivity contribution in [2.75, 3.05) is 16.9 Å². The van der Waals surface area contributed by atoms with Gasteiger partial charge in [0, 0.05) is 17.4 Å². The van der Waals surface area contributed by atoms with Crippen molar-refractivity contribution in [2.24, 2.45) is 0 Å². The molecule has 3 aromatic rings. The number of aromatic nitrogens is 3. The predicted molar refractivity (Wildman–Crippen MR) is 125 cm³/mol. The summed E-state index contributed by atoms with van der Waals surface area (Å²) < 4.78 is 1.78. The van der Waals surface area contributed by atoms with Crippen molar-refractivity contribution in [3.8, 4) is 5.69 Å². The quantitative estimate of drug-likeness (QED) is 0.641. The van der Waals surface area contributed by atoms with Crippen molar-refractivity contribution in [1.82, 2.24) is 19.7 Å². The molecule has 7 nitrogen and oxygen atoms in total. The van der Waals surface area contributed by atoms with E-state index in [2.05, 4.69) is 15.4 Å². The average Bonchev–Trinajstić information content (AvgIpc) is 3.35. The molecule has 32 heavy (non-hydrogen) atoms. The topological polar surface area (TPSA) is 80.1 Å². The monoisotopic (exact) mass is 447 g/mol. The summed E-state index contributed by atoms with van der Waals surface area (Å²) in [7, 11) is 0. The van der Waals surface area contributed by atoms with E-state index < -0.39 is 6.04 Å². The summed E-state index contributed by atoms with van der Waals surface area (Å²) >= 11 is 1.57. The fraction of sp³-hybridized carbons (Fsp3) is 0.333. The third-order valence-corrected chi connectivity index (χ3v) is 7.09. The van der Waals surface area contributed by atoms with Gasteiger partial charge in [-0.15, -0.1) is 16.9 Å². The molecule has 1 N–H and O–H groups in total. The maximum atomic E-state index is 13.4. The highest BCUT2D eigenvalue weighted by Crippen LogP contribution is 2.40. The van der Waals surface area contributed by atoms with Crippen LogP contribution in [0.1, 0.15) is 46.3 Å². The fourth-order valence-corrected chi connectivity index (χ4v) is 5.02. The minimum absolute atomic E-state index is 0.155. The molecule has 1 aromatic heterocycles. The Morgan fingerprint density at radius 2 is 1.84 bits per heavy atom. The van der Waals surface area contributed by atoms with Gasteiger partial charge in [0.15, 0.2) is 0 Å². The summed E-state index contributed by atoms with van der Waals surface area (Å²) in [5.41, 5.74) is 3.81. The van der Waals surface area contributed by atoms with Crippen LogP contribution >= 0.6 is 11.8 Å². The fourth-order valence-electron chi connectivity index (χ4n) is 3.87. The van der Waals surface area contributed by atoms with E-state index in [1.807, 2.05) is 62.4 Å². The molecule has 8 heteroatoms. The number of benzene rings is 2. The van der Waals surface area contributed by atoms with Crippen LogP contribution in [-0.2, 0) is 4.79 Å². The van der Waals surface area contributed by atoms with Crippen molar-refractivity contribution in [2.45, 2.75) is 38.6 Å². The number of rotatable bonds is 5. The van der Waals surface area contributed by atoms with Crippen LogP contribution in [0.5, 0.6) is 0 Å². The molecular weight excluding hydrogens is 422 g/mol. The minimum Gasteiger partial charge on any atom is -0.324 e. The number of carbonyl (C=O) groups excluding carboxylic acids is 2. The van der Waals surface area contributed by atoms with Crippen LogP contribution in [0.4, 0.5) is 5.69 Å². The summed E-state index contributed by atoms with van der Waals surface area (Å²) in [5, 5.41) is 7.57. The van der Waals surface area contributed by atoms with Gasteiger partial charge in [0.25, 0.3) is 5.91 Å². The van der Waals surface area contributed by atoms with Gasteiger partial charge in [-0.1, -0.05) is 30.3 Å². The second kappa shape index (κ2) is 8.43. The van der Waals surface area contributed by atoms with E-state index >= 15 is 0 Å². The van der Waals surface area contributed by atoms with Gasteiger partial charge in [-0.3, -0.25) is 9.59 Å². The van der Waals surface area contributed by atoms with Crippen LogP contribution in [0.25, 0.3) is 5.69 Å². The SMILES string of the molecule is Cc1cccc(NC(=O)C2CSCN2C(=O)c2nc(C3CC3)n(-c3ccccc3)n2)c1C.